The van der Waals surface area contributed by atoms with Crippen LogP contribution in [0.15, 0.2) is 23.1 Å². The van der Waals surface area contributed by atoms with E-state index in [0.717, 1.165) is 6.07 Å². The summed E-state index contributed by atoms with van der Waals surface area (Å²) in [4.78, 5) is 23.5. The van der Waals surface area contributed by atoms with Gasteiger partial charge in [-0.25, -0.2) is 28.2 Å². The first kappa shape index (κ1) is 22.5. The molecule has 0 aliphatic rings. The molecule has 3 heterocycles. The number of hydrogen-bond acceptors (Lipinski definition) is 6. The van der Waals surface area contributed by atoms with Crippen LogP contribution in [0.5, 0.6) is 0 Å². The van der Waals surface area contributed by atoms with Crippen LogP contribution in [0, 0.1) is 6.92 Å². The molecule has 0 aromatic carbocycles. The van der Waals surface area contributed by atoms with E-state index in [1.54, 1.807) is 0 Å². The van der Waals surface area contributed by atoms with Gasteiger partial charge in [0, 0.05) is 14.1 Å². The molecular formula is C18H19F3N6O3S. The number of rotatable bonds is 4. The van der Waals surface area contributed by atoms with Crippen LogP contribution >= 0.6 is 0 Å². The Morgan fingerprint density at radius 3 is 2.45 bits per heavy atom. The standard InChI is InChI=1S/C18H19F3N6O3S/c1-5-31(29,30)11-6-7-13(26-17(28)22-3)25-14(11)16-24-10-8-12(18(19,20)21)23-9(2)15(10)27(16)4/h6-8H,5H2,1-4H3,(H2,22,25,26,28). The molecule has 0 saturated heterocycles. The summed E-state index contributed by atoms with van der Waals surface area (Å²) in [5.41, 5.74) is -0.836. The highest BCUT2D eigenvalue weighted by Crippen LogP contribution is 2.34. The third-order valence-corrected chi connectivity index (χ3v) is 6.33. The molecule has 3 rings (SSSR count). The molecule has 0 atom stereocenters. The first-order valence-electron chi connectivity index (χ1n) is 9.03. The van der Waals surface area contributed by atoms with Gasteiger partial charge in [-0.2, -0.15) is 13.2 Å². The zero-order chi connectivity index (χ0) is 23.1. The first-order chi connectivity index (χ1) is 14.4. The summed E-state index contributed by atoms with van der Waals surface area (Å²) in [6, 6.07) is 2.81. The Morgan fingerprint density at radius 2 is 1.87 bits per heavy atom. The normalized spacial score (nSPS) is 12.2. The van der Waals surface area contributed by atoms with Gasteiger partial charge >= 0.3 is 12.2 Å². The summed E-state index contributed by atoms with van der Waals surface area (Å²) in [5.74, 6) is -0.166. The van der Waals surface area contributed by atoms with Gasteiger partial charge in [-0.05, 0) is 25.1 Å². The largest absolute Gasteiger partial charge is 0.433 e. The summed E-state index contributed by atoms with van der Waals surface area (Å²) in [6.45, 7) is 2.86. The second-order valence-electron chi connectivity index (χ2n) is 6.60. The second kappa shape index (κ2) is 7.80. The maximum absolute atomic E-state index is 13.2. The van der Waals surface area contributed by atoms with Crippen LogP contribution in [0.25, 0.3) is 22.6 Å². The third kappa shape index (κ3) is 4.17. The highest BCUT2D eigenvalue weighted by Gasteiger charge is 2.34. The van der Waals surface area contributed by atoms with E-state index >= 15 is 0 Å². The number of halogens is 3. The lowest BCUT2D eigenvalue weighted by molar-refractivity contribution is -0.141. The number of hydrogen-bond donors (Lipinski definition) is 2. The quantitative estimate of drug-likeness (QED) is 0.623. The van der Waals surface area contributed by atoms with Crippen LogP contribution in [0.4, 0.5) is 23.8 Å². The molecule has 0 bridgehead atoms. The smallest absolute Gasteiger partial charge is 0.341 e. The van der Waals surface area contributed by atoms with Crippen molar-refractivity contribution in [2.24, 2.45) is 7.05 Å². The van der Waals surface area contributed by atoms with Gasteiger partial charge in [0.05, 0.1) is 27.4 Å². The molecule has 31 heavy (non-hydrogen) atoms. The molecule has 0 aliphatic carbocycles. The van der Waals surface area contributed by atoms with Gasteiger partial charge in [0.25, 0.3) is 0 Å². The van der Waals surface area contributed by atoms with E-state index < -0.39 is 27.7 Å². The molecule has 0 unspecified atom stereocenters. The molecule has 3 aromatic heterocycles. The van der Waals surface area contributed by atoms with E-state index in [1.165, 1.54) is 44.6 Å². The molecule has 0 spiro atoms. The van der Waals surface area contributed by atoms with E-state index in [2.05, 4.69) is 25.6 Å². The SMILES string of the molecule is CCS(=O)(=O)c1ccc(NC(=O)NC)nc1-c1nc2cc(C(F)(F)F)nc(C)c2n1C. The number of pyridine rings is 2. The van der Waals surface area contributed by atoms with Gasteiger partial charge in [0.1, 0.15) is 17.2 Å². The van der Waals surface area contributed by atoms with Crippen LogP contribution in [0.1, 0.15) is 18.3 Å². The van der Waals surface area contributed by atoms with Crippen molar-refractivity contribution >= 4 is 32.7 Å². The number of alkyl halides is 3. The molecule has 0 aliphatic heterocycles. The Kier molecular flexibility index (Phi) is 5.65. The number of aryl methyl sites for hydroxylation is 2. The van der Waals surface area contributed by atoms with E-state index in [9.17, 15) is 26.4 Å². The minimum absolute atomic E-state index is 0.0105. The van der Waals surface area contributed by atoms with Crippen molar-refractivity contribution in [3.8, 4) is 11.5 Å². The minimum atomic E-state index is -4.66. The zero-order valence-corrected chi connectivity index (χ0v) is 17.8. The van der Waals surface area contributed by atoms with Crippen molar-refractivity contribution in [1.82, 2.24) is 24.8 Å². The lowest BCUT2D eigenvalue weighted by atomic mass is 10.2. The molecular weight excluding hydrogens is 437 g/mol. The number of nitrogens with one attached hydrogen (secondary N) is 2. The number of urea groups is 1. The van der Waals surface area contributed by atoms with E-state index in [4.69, 9.17) is 0 Å². The fourth-order valence-electron chi connectivity index (χ4n) is 3.06. The van der Waals surface area contributed by atoms with Crippen LogP contribution in [-0.2, 0) is 23.1 Å². The van der Waals surface area contributed by atoms with Gasteiger partial charge in [-0.1, -0.05) is 6.92 Å². The number of nitrogens with zero attached hydrogens (tertiary/aromatic N) is 4. The molecule has 2 amide bonds. The van der Waals surface area contributed by atoms with E-state index in [-0.39, 0.29) is 39.2 Å². The highest BCUT2D eigenvalue weighted by atomic mass is 32.2. The maximum Gasteiger partial charge on any atom is 0.433 e. The van der Waals surface area contributed by atoms with Crippen molar-refractivity contribution in [2.45, 2.75) is 24.9 Å². The molecule has 13 heteroatoms. The van der Waals surface area contributed by atoms with Gasteiger partial charge in [0.2, 0.25) is 0 Å². The van der Waals surface area contributed by atoms with Crippen molar-refractivity contribution in [1.29, 1.82) is 0 Å². The summed E-state index contributed by atoms with van der Waals surface area (Å²) in [6.07, 6.45) is -4.66. The summed E-state index contributed by atoms with van der Waals surface area (Å²) >= 11 is 0. The Labute approximate surface area is 175 Å². The average molecular weight is 456 g/mol. The fourth-order valence-corrected chi connectivity index (χ4v) is 4.08. The average Bonchev–Trinajstić information content (AvgIpc) is 3.04. The molecule has 3 aromatic rings. The van der Waals surface area contributed by atoms with Crippen molar-refractivity contribution < 1.29 is 26.4 Å². The van der Waals surface area contributed by atoms with E-state index in [1.807, 2.05) is 0 Å². The Hall–Kier alpha value is -3.22. The number of aromatic nitrogens is 4. The van der Waals surface area contributed by atoms with Gasteiger partial charge in [-0.3, -0.25) is 5.32 Å². The number of imidazole rings is 1. The van der Waals surface area contributed by atoms with Gasteiger partial charge in [-0.15, -0.1) is 0 Å². The summed E-state index contributed by atoms with van der Waals surface area (Å²) in [5, 5.41) is 4.78. The number of anilines is 1. The topological polar surface area (TPSA) is 119 Å². The fraction of sp³-hybridized carbons (Fsp3) is 0.333. The van der Waals surface area contributed by atoms with E-state index in [0.29, 0.717) is 5.52 Å². The number of carbonyl (C=O) groups is 1. The van der Waals surface area contributed by atoms with Crippen LogP contribution in [0.3, 0.4) is 0 Å². The molecule has 9 nitrogen and oxygen atoms in total. The molecule has 0 radical (unpaired) electrons. The van der Waals surface area contributed by atoms with Crippen molar-refractivity contribution in [3.05, 3.63) is 29.6 Å². The number of fused-ring (bicyclic) bond motifs is 1. The lowest BCUT2D eigenvalue weighted by Crippen LogP contribution is -2.25. The summed E-state index contributed by atoms with van der Waals surface area (Å²) in [7, 11) is -0.846. The van der Waals surface area contributed by atoms with Crippen LogP contribution in [0.2, 0.25) is 0 Å². The predicted octanol–water partition coefficient (Wildman–Crippen LogP) is 2.90. The van der Waals surface area contributed by atoms with Gasteiger partial charge in [0.15, 0.2) is 15.7 Å². The Balaban J connectivity index is 2.31. The number of carbonyl (C=O) groups excluding carboxylic acids is 1. The predicted molar refractivity (Wildman–Crippen MR) is 107 cm³/mol. The van der Waals surface area contributed by atoms with Crippen LogP contribution < -0.4 is 10.6 Å². The minimum Gasteiger partial charge on any atom is -0.341 e. The second-order valence-corrected chi connectivity index (χ2v) is 8.85. The Morgan fingerprint density at radius 1 is 1.19 bits per heavy atom. The molecule has 0 fully saturated rings. The first-order valence-corrected chi connectivity index (χ1v) is 10.7. The lowest BCUT2D eigenvalue weighted by Gasteiger charge is -2.12. The molecule has 166 valence electrons. The zero-order valence-electron chi connectivity index (χ0n) is 17.0. The van der Waals surface area contributed by atoms with Crippen LogP contribution in [-0.4, -0.2) is 46.8 Å². The number of amides is 2. The van der Waals surface area contributed by atoms with Crippen molar-refractivity contribution in [3.63, 3.8) is 0 Å². The monoisotopic (exact) mass is 456 g/mol. The molecule has 0 saturated carbocycles. The van der Waals surface area contributed by atoms with Crippen molar-refractivity contribution in [2.75, 3.05) is 18.1 Å². The Bertz CT molecular complexity index is 1280. The number of sulfone groups is 1. The van der Waals surface area contributed by atoms with Gasteiger partial charge < -0.3 is 9.88 Å². The highest BCUT2D eigenvalue weighted by molar-refractivity contribution is 7.91. The third-order valence-electron chi connectivity index (χ3n) is 4.57. The maximum atomic E-state index is 13.2. The summed E-state index contributed by atoms with van der Waals surface area (Å²) < 4.78 is 66.2. The molecule has 2 N–H and O–H groups in total.